The van der Waals surface area contributed by atoms with Gasteiger partial charge in [-0.25, -0.2) is 9.78 Å². The molecule has 0 spiro atoms. The van der Waals surface area contributed by atoms with Crippen molar-refractivity contribution in [3.8, 4) is 0 Å². The van der Waals surface area contributed by atoms with Gasteiger partial charge in [-0.2, -0.15) is 0 Å². The maximum absolute atomic E-state index is 11.9. The topological polar surface area (TPSA) is 79.3 Å². The molecule has 1 heterocycles. The lowest BCUT2D eigenvalue weighted by atomic mass is 10.1. The molecule has 1 amide bonds. The van der Waals surface area contributed by atoms with Gasteiger partial charge in [0, 0.05) is 11.3 Å². The normalized spacial score (nSPS) is 22.3. The van der Waals surface area contributed by atoms with E-state index in [1.165, 1.54) is 16.7 Å². The Morgan fingerprint density at radius 3 is 2.67 bits per heavy atom. The highest BCUT2D eigenvalue weighted by molar-refractivity contribution is 7.09. The first-order valence-electron chi connectivity index (χ1n) is 5.80. The Balaban J connectivity index is 1.97. The van der Waals surface area contributed by atoms with Crippen LogP contribution in [-0.2, 0) is 4.79 Å². The number of amides is 1. The van der Waals surface area contributed by atoms with Crippen LogP contribution in [0.1, 0.15) is 48.7 Å². The van der Waals surface area contributed by atoms with Crippen LogP contribution < -0.4 is 5.32 Å². The molecule has 1 aromatic heterocycles. The van der Waals surface area contributed by atoms with Crippen molar-refractivity contribution in [3.63, 3.8) is 0 Å². The number of nitrogens with one attached hydrogen (secondary N) is 1. The van der Waals surface area contributed by atoms with Gasteiger partial charge in [0.15, 0.2) is 5.69 Å². The summed E-state index contributed by atoms with van der Waals surface area (Å²) in [7, 11) is 0. The molecule has 6 heteroatoms. The predicted molar refractivity (Wildman–Crippen MR) is 67.5 cm³/mol. The average Bonchev–Trinajstić information content (AvgIpc) is 2.75. The number of carbonyl (C=O) groups excluding carboxylic acids is 1. The van der Waals surface area contributed by atoms with Crippen molar-refractivity contribution >= 4 is 23.2 Å². The number of carboxylic acid groups (broad SMARTS) is 1. The molecule has 98 valence electrons. The highest BCUT2D eigenvalue weighted by Crippen LogP contribution is 2.51. The summed E-state index contributed by atoms with van der Waals surface area (Å²) in [6.07, 6.45) is 0.907. The number of rotatable bonds is 4. The fourth-order valence-corrected chi connectivity index (χ4v) is 2.68. The van der Waals surface area contributed by atoms with Gasteiger partial charge in [0.1, 0.15) is 5.01 Å². The van der Waals surface area contributed by atoms with E-state index in [4.69, 9.17) is 5.11 Å². The van der Waals surface area contributed by atoms with E-state index in [1.807, 2.05) is 6.92 Å². The highest BCUT2D eigenvalue weighted by atomic mass is 32.1. The van der Waals surface area contributed by atoms with E-state index in [0.717, 1.165) is 6.42 Å². The summed E-state index contributed by atoms with van der Waals surface area (Å²) < 4.78 is 0. The zero-order valence-corrected chi connectivity index (χ0v) is 11.4. The Kier molecular flexibility index (Phi) is 3.14. The van der Waals surface area contributed by atoms with Gasteiger partial charge in [-0.3, -0.25) is 4.79 Å². The van der Waals surface area contributed by atoms with E-state index in [2.05, 4.69) is 24.1 Å². The number of nitrogens with zero attached hydrogens (tertiary/aromatic N) is 1. The average molecular weight is 268 g/mol. The first-order chi connectivity index (χ1) is 8.31. The second-order valence-corrected chi connectivity index (χ2v) is 6.24. The molecule has 1 aliphatic rings. The summed E-state index contributed by atoms with van der Waals surface area (Å²) in [5.41, 5.74) is 0.127. The zero-order chi connectivity index (χ0) is 13.5. The summed E-state index contributed by atoms with van der Waals surface area (Å²) >= 11 is 1.25. The third kappa shape index (κ3) is 2.53. The molecular weight excluding hydrogens is 252 g/mol. The predicted octanol–water partition coefficient (Wildman–Crippen LogP) is 2.06. The monoisotopic (exact) mass is 268 g/mol. The van der Waals surface area contributed by atoms with Crippen LogP contribution >= 0.6 is 11.3 Å². The van der Waals surface area contributed by atoms with Crippen LogP contribution in [0.5, 0.6) is 0 Å². The van der Waals surface area contributed by atoms with Gasteiger partial charge < -0.3 is 10.4 Å². The minimum atomic E-state index is -1.04. The molecule has 0 radical (unpaired) electrons. The van der Waals surface area contributed by atoms with Crippen LogP contribution in [-0.4, -0.2) is 22.0 Å². The van der Waals surface area contributed by atoms with Gasteiger partial charge in [0.05, 0.1) is 6.04 Å². The molecule has 18 heavy (non-hydrogen) atoms. The smallest absolute Gasteiger partial charge is 0.355 e. The SMILES string of the molecule is CC(NC(=O)C1CC1(C)C)c1nc(C(=O)O)cs1. The molecule has 1 saturated carbocycles. The fourth-order valence-electron chi connectivity index (χ4n) is 1.88. The Morgan fingerprint density at radius 1 is 1.61 bits per heavy atom. The Bertz CT molecular complexity index is 495. The molecule has 0 aliphatic heterocycles. The third-order valence-electron chi connectivity index (χ3n) is 3.30. The Labute approximate surface area is 109 Å². The lowest BCUT2D eigenvalue weighted by Gasteiger charge is -2.11. The molecule has 2 N–H and O–H groups in total. The Morgan fingerprint density at radius 2 is 2.22 bits per heavy atom. The molecule has 0 saturated heterocycles. The van der Waals surface area contributed by atoms with Gasteiger partial charge in [0.25, 0.3) is 0 Å². The van der Waals surface area contributed by atoms with Crippen molar-refractivity contribution in [2.75, 3.05) is 0 Å². The summed E-state index contributed by atoms with van der Waals surface area (Å²) in [6, 6.07) is -0.244. The number of aromatic carboxylic acids is 1. The maximum atomic E-state index is 11.9. The van der Waals surface area contributed by atoms with E-state index in [9.17, 15) is 9.59 Å². The second-order valence-electron chi connectivity index (χ2n) is 5.35. The van der Waals surface area contributed by atoms with Gasteiger partial charge in [-0.15, -0.1) is 11.3 Å². The standard InChI is InChI=1S/C12H16N2O3S/c1-6(10-14-8(5-18-10)11(16)17)13-9(15)7-4-12(7,2)3/h5-7H,4H2,1-3H3,(H,13,15)(H,16,17). The van der Waals surface area contributed by atoms with Crippen LogP contribution in [0.4, 0.5) is 0 Å². The van der Waals surface area contributed by atoms with E-state index in [1.54, 1.807) is 0 Å². The van der Waals surface area contributed by atoms with Crippen molar-refractivity contribution in [1.82, 2.24) is 10.3 Å². The molecular formula is C12H16N2O3S. The van der Waals surface area contributed by atoms with E-state index in [-0.39, 0.29) is 29.0 Å². The van der Waals surface area contributed by atoms with Crippen molar-refractivity contribution in [2.24, 2.45) is 11.3 Å². The summed E-state index contributed by atoms with van der Waals surface area (Å²) in [4.78, 5) is 26.6. The van der Waals surface area contributed by atoms with E-state index < -0.39 is 5.97 Å². The van der Waals surface area contributed by atoms with Crippen LogP contribution in [0.15, 0.2) is 5.38 Å². The van der Waals surface area contributed by atoms with Crippen LogP contribution in [0.25, 0.3) is 0 Å². The number of aromatic nitrogens is 1. The molecule has 0 aromatic carbocycles. The van der Waals surface area contributed by atoms with E-state index >= 15 is 0 Å². The van der Waals surface area contributed by atoms with Crippen LogP contribution in [0, 0.1) is 11.3 Å². The zero-order valence-electron chi connectivity index (χ0n) is 10.6. The third-order valence-corrected chi connectivity index (χ3v) is 4.33. The molecule has 1 fully saturated rings. The summed E-state index contributed by atoms with van der Waals surface area (Å²) in [5, 5.41) is 13.8. The van der Waals surface area contributed by atoms with Gasteiger partial charge in [-0.1, -0.05) is 13.8 Å². The maximum Gasteiger partial charge on any atom is 0.355 e. The van der Waals surface area contributed by atoms with Crippen molar-refractivity contribution in [2.45, 2.75) is 33.2 Å². The largest absolute Gasteiger partial charge is 0.476 e. The van der Waals surface area contributed by atoms with Gasteiger partial charge in [-0.05, 0) is 18.8 Å². The van der Waals surface area contributed by atoms with Gasteiger partial charge in [0.2, 0.25) is 5.91 Å². The minimum absolute atomic E-state index is 0.0274. The second kappa shape index (κ2) is 4.35. The number of thiazole rings is 1. The first-order valence-corrected chi connectivity index (χ1v) is 6.68. The molecule has 5 nitrogen and oxygen atoms in total. The van der Waals surface area contributed by atoms with Crippen LogP contribution in [0.3, 0.4) is 0 Å². The molecule has 0 bridgehead atoms. The number of carboxylic acids is 1. The van der Waals surface area contributed by atoms with Crippen molar-refractivity contribution in [1.29, 1.82) is 0 Å². The molecule has 2 rings (SSSR count). The molecule has 2 atom stereocenters. The number of carbonyl (C=O) groups is 2. The van der Waals surface area contributed by atoms with Crippen molar-refractivity contribution < 1.29 is 14.7 Å². The summed E-state index contributed by atoms with van der Waals surface area (Å²) in [5.74, 6) is -0.946. The number of hydrogen-bond acceptors (Lipinski definition) is 4. The lowest BCUT2D eigenvalue weighted by molar-refractivity contribution is -0.123. The first kappa shape index (κ1) is 13.0. The minimum Gasteiger partial charge on any atom is -0.476 e. The fraction of sp³-hybridized carbons (Fsp3) is 0.583. The van der Waals surface area contributed by atoms with Gasteiger partial charge >= 0.3 is 5.97 Å². The molecule has 1 aromatic rings. The quantitative estimate of drug-likeness (QED) is 0.876. The molecule has 1 aliphatic carbocycles. The lowest BCUT2D eigenvalue weighted by Crippen LogP contribution is -2.29. The number of hydrogen-bond donors (Lipinski definition) is 2. The van der Waals surface area contributed by atoms with E-state index in [0.29, 0.717) is 5.01 Å². The molecule has 2 unspecified atom stereocenters. The Hall–Kier alpha value is -1.43. The summed E-state index contributed by atoms with van der Waals surface area (Å²) in [6.45, 7) is 5.94. The van der Waals surface area contributed by atoms with Crippen LogP contribution in [0.2, 0.25) is 0 Å². The highest BCUT2D eigenvalue weighted by Gasteiger charge is 2.50. The van der Waals surface area contributed by atoms with Crippen molar-refractivity contribution in [3.05, 3.63) is 16.1 Å².